The molecule has 0 unspecified atom stereocenters. The minimum atomic E-state index is -0.282. The number of carbonyl (C=O) groups is 1. The normalized spacial score (nSPS) is 15.0. The fourth-order valence-electron chi connectivity index (χ4n) is 2.77. The minimum absolute atomic E-state index is 0.108. The summed E-state index contributed by atoms with van der Waals surface area (Å²) in [6.07, 6.45) is 2.02. The number of anilines is 1. The molecular formula is C17H23N5O3. The first kappa shape index (κ1) is 17.2. The van der Waals surface area contributed by atoms with Crippen LogP contribution in [0.1, 0.15) is 24.6 Å². The second kappa shape index (κ2) is 7.98. The molecule has 2 N–H and O–H groups in total. The topological polar surface area (TPSA) is 90.3 Å². The molecule has 8 nitrogen and oxygen atoms in total. The SMILES string of the molecule is COc1cccc(OCC(=O)Nc2nc(C3CCNCC3)nn2C)c1. The van der Waals surface area contributed by atoms with E-state index in [4.69, 9.17) is 9.47 Å². The van der Waals surface area contributed by atoms with E-state index in [9.17, 15) is 4.79 Å². The number of aryl methyl sites for hydroxylation is 1. The number of benzene rings is 1. The highest BCUT2D eigenvalue weighted by Gasteiger charge is 2.21. The molecule has 2 aromatic rings. The molecule has 0 spiro atoms. The molecular weight excluding hydrogens is 322 g/mol. The van der Waals surface area contributed by atoms with Crippen LogP contribution in [0.5, 0.6) is 11.5 Å². The number of carbonyl (C=O) groups excluding carboxylic acids is 1. The summed E-state index contributed by atoms with van der Waals surface area (Å²) in [4.78, 5) is 16.6. The number of aromatic nitrogens is 3. The standard InChI is InChI=1S/C17H23N5O3/c1-22-17(20-16(21-22)12-6-8-18-9-7-12)19-15(23)11-25-14-5-3-4-13(10-14)24-2/h3-5,10,12,18H,6-9,11H2,1-2H3,(H,19,20,21,23). The number of hydrogen-bond acceptors (Lipinski definition) is 6. The molecule has 0 aliphatic carbocycles. The maximum atomic E-state index is 12.1. The second-order valence-electron chi connectivity index (χ2n) is 5.96. The van der Waals surface area contributed by atoms with Crippen LogP contribution in [0.2, 0.25) is 0 Å². The van der Waals surface area contributed by atoms with Crippen LogP contribution in [0, 0.1) is 0 Å². The summed E-state index contributed by atoms with van der Waals surface area (Å²) in [6, 6.07) is 7.12. The number of hydrogen-bond donors (Lipinski definition) is 2. The Labute approximate surface area is 146 Å². The average molecular weight is 345 g/mol. The van der Waals surface area contributed by atoms with Gasteiger partial charge in [0.25, 0.3) is 5.91 Å². The van der Waals surface area contributed by atoms with Crippen molar-refractivity contribution >= 4 is 11.9 Å². The fourth-order valence-corrected chi connectivity index (χ4v) is 2.77. The first-order valence-corrected chi connectivity index (χ1v) is 8.34. The quantitative estimate of drug-likeness (QED) is 0.820. The van der Waals surface area contributed by atoms with Crippen molar-refractivity contribution in [2.75, 3.05) is 32.1 Å². The molecule has 1 saturated heterocycles. The number of amides is 1. The summed E-state index contributed by atoms with van der Waals surface area (Å²) in [5, 5.41) is 10.5. The van der Waals surface area contributed by atoms with Crippen LogP contribution in [0.4, 0.5) is 5.95 Å². The van der Waals surface area contributed by atoms with Gasteiger partial charge in [0, 0.05) is 19.0 Å². The first-order chi connectivity index (χ1) is 12.2. The van der Waals surface area contributed by atoms with Gasteiger partial charge in [0.2, 0.25) is 5.95 Å². The van der Waals surface area contributed by atoms with Gasteiger partial charge in [-0.05, 0) is 38.1 Å². The third-order valence-corrected chi connectivity index (χ3v) is 4.15. The van der Waals surface area contributed by atoms with Crippen molar-refractivity contribution < 1.29 is 14.3 Å². The molecule has 1 aliphatic rings. The van der Waals surface area contributed by atoms with Crippen molar-refractivity contribution in [1.29, 1.82) is 0 Å². The molecule has 2 heterocycles. The molecule has 0 radical (unpaired) electrons. The number of rotatable bonds is 6. The Hall–Kier alpha value is -2.61. The van der Waals surface area contributed by atoms with Crippen LogP contribution in [0.15, 0.2) is 24.3 Å². The summed E-state index contributed by atoms with van der Waals surface area (Å²) < 4.78 is 12.2. The molecule has 1 aromatic carbocycles. The van der Waals surface area contributed by atoms with Gasteiger partial charge in [0.1, 0.15) is 11.5 Å². The Balaban J connectivity index is 1.56. The zero-order valence-corrected chi connectivity index (χ0v) is 14.5. The van der Waals surface area contributed by atoms with Crippen LogP contribution in [-0.4, -0.2) is 47.5 Å². The van der Waals surface area contributed by atoms with Crippen molar-refractivity contribution in [2.45, 2.75) is 18.8 Å². The number of piperidine rings is 1. The monoisotopic (exact) mass is 345 g/mol. The van der Waals surface area contributed by atoms with Crippen molar-refractivity contribution in [3.63, 3.8) is 0 Å². The highest BCUT2D eigenvalue weighted by Crippen LogP contribution is 2.23. The van der Waals surface area contributed by atoms with E-state index in [1.54, 1.807) is 37.0 Å². The fraction of sp³-hybridized carbons (Fsp3) is 0.471. The van der Waals surface area contributed by atoms with Crippen molar-refractivity contribution in [3.05, 3.63) is 30.1 Å². The molecule has 0 bridgehead atoms. The van der Waals surface area contributed by atoms with E-state index < -0.39 is 0 Å². The largest absolute Gasteiger partial charge is 0.497 e. The zero-order valence-electron chi connectivity index (χ0n) is 14.5. The molecule has 1 fully saturated rings. The van der Waals surface area contributed by atoms with Crippen LogP contribution in [-0.2, 0) is 11.8 Å². The van der Waals surface area contributed by atoms with E-state index >= 15 is 0 Å². The Morgan fingerprint density at radius 3 is 2.88 bits per heavy atom. The predicted octanol–water partition coefficient (Wildman–Crippen LogP) is 1.31. The van der Waals surface area contributed by atoms with Gasteiger partial charge in [-0.15, -0.1) is 0 Å². The summed E-state index contributed by atoms with van der Waals surface area (Å²) in [7, 11) is 3.36. The third kappa shape index (κ3) is 4.48. The summed E-state index contributed by atoms with van der Waals surface area (Å²) >= 11 is 0. The van der Waals surface area contributed by atoms with Crippen molar-refractivity contribution in [3.8, 4) is 11.5 Å². The molecule has 3 rings (SSSR count). The molecule has 1 aliphatic heterocycles. The van der Waals surface area contributed by atoms with Crippen molar-refractivity contribution in [2.24, 2.45) is 7.05 Å². The van der Waals surface area contributed by atoms with E-state index in [1.165, 1.54) is 0 Å². The summed E-state index contributed by atoms with van der Waals surface area (Å²) in [5.74, 6) is 2.53. The lowest BCUT2D eigenvalue weighted by Crippen LogP contribution is -2.27. The third-order valence-electron chi connectivity index (χ3n) is 4.15. The van der Waals surface area contributed by atoms with Gasteiger partial charge >= 0.3 is 0 Å². The van der Waals surface area contributed by atoms with Gasteiger partial charge in [-0.2, -0.15) is 10.1 Å². The molecule has 134 valence electrons. The van der Waals surface area contributed by atoms with Crippen LogP contribution >= 0.6 is 0 Å². The summed E-state index contributed by atoms with van der Waals surface area (Å²) in [5.41, 5.74) is 0. The Kier molecular flexibility index (Phi) is 5.49. The van der Waals surface area contributed by atoms with E-state index in [0.29, 0.717) is 23.4 Å². The van der Waals surface area contributed by atoms with E-state index in [1.807, 2.05) is 6.07 Å². The van der Waals surface area contributed by atoms with Gasteiger partial charge in [0.15, 0.2) is 12.4 Å². The minimum Gasteiger partial charge on any atom is -0.497 e. The number of nitrogens with zero attached hydrogens (tertiary/aromatic N) is 3. The Morgan fingerprint density at radius 1 is 1.36 bits per heavy atom. The summed E-state index contributed by atoms with van der Waals surface area (Å²) in [6.45, 7) is 1.83. The van der Waals surface area contributed by atoms with Gasteiger partial charge in [-0.1, -0.05) is 6.07 Å². The van der Waals surface area contributed by atoms with E-state index in [2.05, 4.69) is 20.7 Å². The van der Waals surface area contributed by atoms with Gasteiger partial charge in [-0.25, -0.2) is 4.68 Å². The van der Waals surface area contributed by atoms with Crippen LogP contribution in [0.25, 0.3) is 0 Å². The Morgan fingerprint density at radius 2 is 2.12 bits per heavy atom. The molecule has 25 heavy (non-hydrogen) atoms. The van der Waals surface area contributed by atoms with E-state index in [-0.39, 0.29) is 12.5 Å². The van der Waals surface area contributed by atoms with Gasteiger partial charge < -0.3 is 14.8 Å². The maximum absolute atomic E-state index is 12.1. The second-order valence-corrected chi connectivity index (χ2v) is 5.96. The highest BCUT2D eigenvalue weighted by atomic mass is 16.5. The molecule has 1 aromatic heterocycles. The highest BCUT2D eigenvalue weighted by molar-refractivity contribution is 5.90. The average Bonchev–Trinajstić information content (AvgIpc) is 3.01. The lowest BCUT2D eigenvalue weighted by Gasteiger charge is -2.19. The number of methoxy groups -OCH3 is 1. The molecule has 0 atom stereocenters. The van der Waals surface area contributed by atoms with Crippen LogP contribution < -0.4 is 20.1 Å². The lowest BCUT2D eigenvalue weighted by molar-refractivity contribution is -0.118. The number of ether oxygens (including phenoxy) is 2. The predicted molar refractivity (Wildman–Crippen MR) is 93.0 cm³/mol. The van der Waals surface area contributed by atoms with Crippen LogP contribution in [0.3, 0.4) is 0 Å². The van der Waals surface area contributed by atoms with E-state index in [0.717, 1.165) is 31.8 Å². The van der Waals surface area contributed by atoms with Crippen molar-refractivity contribution in [1.82, 2.24) is 20.1 Å². The molecule has 8 heteroatoms. The lowest BCUT2D eigenvalue weighted by atomic mass is 9.98. The zero-order chi connectivity index (χ0) is 17.6. The smallest absolute Gasteiger partial charge is 0.264 e. The van der Waals surface area contributed by atoms with Gasteiger partial charge in [0.05, 0.1) is 7.11 Å². The first-order valence-electron chi connectivity index (χ1n) is 8.34. The Bertz CT molecular complexity index is 725. The number of nitrogens with one attached hydrogen (secondary N) is 2. The van der Waals surface area contributed by atoms with Gasteiger partial charge in [-0.3, -0.25) is 10.1 Å². The molecule has 0 saturated carbocycles. The molecule has 1 amide bonds. The maximum Gasteiger partial charge on any atom is 0.264 e.